The number of rotatable bonds is 0. The third-order valence-corrected chi connectivity index (χ3v) is 8.54. The lowest BCUT2D eigenvalue weighted by Gasteiger charge is -2.36. The number of hydrogen-bond acceptors (Lipinski definition) is 0. The Kier molecular flexibility index (Phi) is 2.15. The molecule has 6 atom stereocenters. The van der Waals surface area contributed by atoms with Gasteiger partial charge in [-0.1, -0.05) is 72.8 Å². The SMILES string of the molecule is c1cc2c3c(cccc3c1)[C@H]1C3CC([C@@H]21)[C@@H]1c2cccc4cccc(c24)[C@H]31. The molecule has 0 saturated heterocycles. The van der Waals surface area contributed by atoms with Gasteiger partial charge in [0.25, 0.3) is 0 Å². The smallest absolute Gasteiger partial charge is 0.00492 e. The molecule has 8 rings (SSSR count). The van der Waals surface area contributed by atoms with Gasteiger partial charge >= 0.3 is 0 Å². The van der Waals surface area contributed by atoms with Gasteiger partial charge in [-0.15, -0.1) is 0 Å². The number of hydrogen-bond donors (Lipinski definition) is 0. The van der Waals surface area contributed by atoms with Gasteiger partial charge in [0.2, 0.25) is 0 Å². The molecule has 0 amide bonds. The summed E-state index contributed by atoms with van der Waals surface area (Å²) in [6.07, 6.45) is 1.42. The Labute approximate surface area is 158 Å². The Balaban J connectivity index is 1.42. The van der Waals surface area contributed by atoms with Gasteiger partial charge in [-0.3, -0.25) is 0 Å². The van der Waals surface area contributed by atoms with E-state index in [9.17, 15) is 0 Å². The first kappa shape index (κ1) is 13.6. The van der Waals surface area contributed by atoms with Crippen LogP contribution in [0.25, 0.3) is 21.5 Å². The molecule has 2 saturated carbocycles. The van der Waals surface area contributed by atoms with Crippen molar-refractivity contribution in [2.75, 3.05) is 0 Å². The first-order valence-electron chi connectivity index (χ1n) is 10.4. The lowest BCUT2D eigenvalue weighted by molar-refractivity contribution is 0.306. The minimum absolute atomic E-state index is 0.738. The fraction of sp³-hybridized carbons (Fsp3) is 0.259. The lowest BCUT2D eigenvalue weighted by atomic mass is 9.66. The monoisotopic (exact) mass is 344 g/mol. The van der Waals surface area contributed by atoms with Crippen molar-refractivity contribution in [1.29, 1.82) is 0 Å². The minimum Gasteiger partial charge on any atom is -0.0613 e. The quantitative estimate of drug-likeness (QED) is 0.333. The van der Waals surface area contributed by atoms with Crippen LogP contribution in [0.5, 0.6) is 0 Å². The van der Waals surface area contributed by atoms with Gasteiger partial charge in [0.05, 0.1) is 0 Å². The van der Waals surface area contributed by atoms with E-state index in [-0.39, 0.29) is 0 Å². The van der Waals surface area contributed by atoms with Crippen molar-refractivity contribution >= 4 is 21.5 Å². The summed E-state index contributed by atoms with van der Waals surface area (Å²) < 4.78 is 0. The van der Waals surface area contributed by atoms with E-state index >= 15 is 0 Å². The predicted octanol–water partition coefficient (Wildman–Crippen LogP) is 6.70. The van der Waals surface area contributed by atoms with Crippen LogP contribution in [0.3, 0.4) is 0 Å². The van der Waals surface area contributed by atoms with Gasteiger partial charge in [-0.05, 0) is 85.7 Å². The second-order valence-electron chi connectivity index (χ2n) is 9.25. The third-order valence-electron chi connectivity index (χ3n) is 8.54. The molecule has 4 aliphatic rings. The molecule has 128 valence electrons. The molecule has 4 aromatic carbocycles. The van der Waals surface area contributed by atoms with Crippen molar-refractivity contribution in [3.05, 3.63) is 95.1 Å². The first-order valence-corrected chi connectivity index (χ1v) is 10.4. The summed E-state index contributed by atoms with van der Waals surface area (Å²) in [6, 6.07) is 28.1. The van der Waals surface area contributed by atoms with Crippen LogP contribution in [0, 0.1) is 11.8 Å². The van der Waals surface area contributed by atoms with Crippen LogP contribution in [0.1, 0.15) is 52.3 Å². The van der Waals surface area contributed by atoms with Gasteiger partial charge < -0.3 is 0 Å². The van der Waals surface area contributed by atoms with Crippen LogP contribution >= 0.6 is 0 Å². The third kappa shape index (κ3) is 1.34. The molecule has 4 aliphatic carbocycles. The van der Waals surface area contributed by atoms with Gasteiger partial charge in [-0.2, -0.15) is 0 Å². The van der Waals surface area contributed by atoms with Gasteiger partial charge in [0, 0.05) is 0 Å². The first-order chi connectivity index (χ1) is 13.4. The van der Waals surface area contributed by atoms with E-state index in [1.807, 2.05) is 0 Å². The fourth-order valence-corrected chi connectivity index (χ4v) is 8.02. The van der Waals surface area contributed by atoms with Gasteiger partial charge in [-0.25, -0.2) is 0 Å². The van der Waals surface area contributed by atoms with Crippen LogP contribution in [0.4, 0.5) is 0 Å². The average Bonchev–Trinajstić information content (AvgIpc) is 3.43. The zero-order valence-corrected chi connectivity index (χ0v) is 15.1. The highest BCUT2D eigenvalue weighted by molar-refractivity contribution is 5.95. The molecule has 2 fully saturated rings. The number of benzene rings is 4. The summed E-state index contributed by atoms with van der Waals surface area (Å²) in [7, 11) is 0. The van der Waals surface area contributed by atoms with Gasteiger partial charge in [0.15, 0.2) is 0 Å². The van der Waals surface area contributed by atoms with E-state index in [0.29, 0.717) is 0 Å². The average molecular weight is 344 g/mol. The maximum absolute atomic E-state index is 2.44. The molecule has 27 heavy (non-hydrogen) atoms. The molecule has 0 spiro atoms. The summed E-state index contributed by atoms with van der Waals surface area (Å²) in [5.74, 6) is 4.56. The Bertz CT molecular complexity index is 1110. The van der Waals surface area contributed by atoms with Crippen LogP contribution in [-0.4, -0.2) is 0 Å². The van der Waals surface area contributed by atoms with E-state index < -0.39 is 0 Å². The van der Waals surface area contributed by atoms with Crippen molar-refractivity contribution in [2.24, 2.45) is 11.8 Å². The molecule has 0 radical (unpaired) electrons. The summed E-state index contributed by atoms with van der Waals surface area (Å²) in [5.41, 5.74) is 6.62. The lowest BCUT2D eigenvalue weighted by Crippen LogP contribution is -2.25. The molecule has 0 nitrogen and oxygen atoms in total. The minimum atomic E-state index is 0.738. The summed E-state index contributed by atoms with van der Waals surface area (Å²) in [5, 5.41) is 6.09. The van der Waals surface area contributed by atoms with E-state index in [1.54, 1.807) is 33.0 Å². The normalized spacial score (nSPS) is 33.8. The van der Waals surface area contributed by atoms with E-state index in [0.717, 1.165) is 35.5 Å². The van der Waals surface area contributed by atoms with Crippen LogP contribution in [0.15, 0.2) is 72.8 Å². The van der Waals surface area contributed by atoms with Crippen LogP contribution in [0.2, 0.25) is 0 Å². The molecular weight excluding hydrogens is 324 g/mol. The molecule has 0 heterocycles. The van der Waals surface area contributed by atoms with Crippen molar-refractivity contribution in [2.45, 2.75) is 30.1 Å². The van der Waals surface area contributed by atoms with E-state index in [4.69, 9.17) is 0 Å². The molecule has 0 heteroatoms. The molecule has 2 unspecified atom stereocenters. The zero-order valence-electron chi connectivity index (χ0n) is 15.1. The van der Waals surface area contributed by atoms with Crippen molar-refractivity contribution < 1.29 is 0 Å². The van der Waals surface area contributed by atoms with Crippen LogP contribution in [-0.2, 0) is 0 Å². The standard InChI is InChI=1S/C27H20/c1-5-14-6-2-10-17-22(14)16(9-1)24-20-13-21(25(17)24)27-19-12-4-8-15-7-3-11-18(23(15)19)26(20)27/h1-12,20-21,24-27H,13H2/t20?,21?,24-,25+,26+,27-. The second kappa shape index (κ2) is 4.28. The Morgan fingerprint density at radius 2 is 0.778 bits per heavy atom. The Morgan fingerprint density at radius 3 is 1.11 bits per heavy atom. The molecular formula is C27H20. The van der Waals surface area contributed by atoms with E-state index in [1.165, 1.54) is 17.2 Å². The maximum atomic E-state index is 2.44. The zero-order chi connectivity index (χ0) is 17.3. The summed E-state index contributed by atoms with van der Waals surface area (Å²) in [6.45, 7) is 0. The number of fused-ring (bicyclic) bond motifs is 12. The van der Waals surface area contributed by atoms with Crippen molar-refractivity contribution in [1.82, 2.24) is 0 Å². The molecule has 0 N–H and O–H groups in total. The topological polar surface area (TPSA) is 0 Å². The highest BCUT2D eigenvalue weighted by Crippen LogP contribution is 2.75. The van der Waals surface area contributed by atoms with Crippen molar-refractivity contribution in [3.63, 3.8) is 0 Å². The molecule has 4 aromatic rings. The summed E-state index contributed by atoms with van der Waals surface area (Å²) >= 11 is 0. The molecule has 0 aliphatic heterocycles. The van der Waals surface area contributed by atoms with Crippen LogP contribution < -0.4 is 0 Å². The highest BCUT2D eigenvalue weighted by atomic mass is 14.7. The largest absolute Gasteiger partial charge is 0.0613 e. The Morgan fingerprint density at radius 1 is 0.444 bits per heavy atom. The Hall–Kier alpha value is -2.60. The highest BCUT2D eigenvalue weighted by Gasteiger charge is 2.63. The van der Waals surface area contributed by atoms with Gasteiger partial charge in [0.1, 0.15) is 0 Å². The van der Waals surface area contributed by atoms with E-state index in [2.05, 4.69) is 72.8 Å². The maximum Gasteiger partial charge on any atom is -0.00492 e. The fourth-order valence-electron chi connectivity index (χ4n) is 8.02. The van der Waals surface area contributed by atoms with Crippen molar-refractivity contribution in [3.8, 4) is 0 Å². The summed E-state index contributed by atoms with van der Waals surface area (Å²) in [4.78, 5) is 0. The molecule has 0 aromatic heterocycles. The predicted molar refractivity (Wildman–Crippen MR) is 110 cm³/mol. The second-order valence-corrected chi connectivity index (χ2v) is 9.25. The molecule has 2 bridgehead atoms.